The first kappa shape index (κ1) is 15.6. The van der Waals surface area contributed by atoms with Gasteiger partial charge in [-0.05, 0) is 17.7 Å². The molecular weight excluding hydrogens is 332 g/mol. The number of anilines is 1. The molecule has 0 spiro atoms. The third kappa shape index (κ3) is 3.85. The molecule has 21 heavy (non-hydrogen) atoms. The SMILES string of the molecule is O=C(Cc1c(Cl)cccc1Cl)Nc1n[nH]c(C(F)(F)F)n1. The Morgan fingerprint density at radius 1 is 1.29 bits per heavy atom. The number of carbonyl (C=O) groups is 1. The molecule has 0 atom stereocenters. The number of nitrogens with one attached hydrogen (secondary N) is 2. The van der Waals surface area contributed by atoms with Gasteiger partial charge < -0.3 is 0 Å². The molecule has 0 saturated heterocycles. The first-order valence-electron chi connectivity index (χ1n) is 5.49. The molecule has 2 N–H and O–H groups in total. The molecule has 112 valence electrons. The van der Waals surface area contributed by atoms with E-state index in [1.807, 2.05) is 0 Å². The molecule has 1 amide bonds. The van der Waals surface area contributed by atoms with Crippen molar-refractivity contribution in [2.45, 2.75) is 12.6 Å². The largest absolute Gasteiger partial charge is 0.451 e. The molecule has 0 saturated carbocycles. The maximum Gasteiger partial charge on any atom is 0.451 e. The summed E-state index contributed by atoms with van der Waals surface area (Å²) in [6, 6.07) is 4.70. The van der Waals surface area contributed by atoms with Crippen molar-refractivity contribution in [2.24, 2.45) is 0 Å². The quantitative estimate of drug-likeness (QED) is 0.901. The van der Waals surface area contributed by atoms with Crippen LogP contribution in [0.4, 0.5) is 19.1 Å². The van der Waals surface area contributed by atoms with Crippen LogP contribution in [0.5, 0.6) is 0 Å². The predicted molar refractivity (Wildman–Crippen MR) is 70.2 cm³/mol. The topological polar surface area (TPSA) is 70.7 Å². The molecule has 0 fully saturated rings. The summed E-state index contributed by atoms with van der Waals surface area (Å²) >= 11 is 11.8. The van der Waals surface area contributed by atoms with Crippen LogP contribution in [0, 0.1) is 0 Å². The van der Waals surface area contributed by atoms with E-state index in [1.54, 1.807) is 23.3 Å². The normalized spacial score (nSPS) is 11.5. The number of halogens is 5. The Labute approximate surface area is 126 Å². The number of carbonyl (C=O) groups excluding carboxylic acids is 1. The highest BCUT2D eigenvalue weighted by Crippen LogP contribution is 2.27. The summed E-state index contributed by atoms with van der Waals surface area (Å²) < 4.78 is 36.9. The van der Waals surface area contributed by atoms with E-state index in [2.05, 4.69) is 15.4 Å². The van der Waals surface area contributed by atoms with Crippen molar-refractivity contribution in [3.05, 3.63) is 39.6 Å². The highest BCUT2D eigenvalue weighted by molar-refractivity contribution is 6.36. The monoisotopic (exact) mass is 338 g/mol. The highest BCUT2D eigenvalue weighted by Gasteiger charge is 2.35. The molecule has 0 unspecified atom stereocenters. The Morgan fingerprint density at radius 2 is 1.90 bits per heavy atom. The zero-order valence-corrected chi connectivity index (χ0v) is 11.6. The summed E-state index contributed by atoms with van der Waals surface area (Å²) in [6.45, 7) is 0. The summed E-state index contributed by atoms with van der Waals surface area (Å²) in [6.07, 6.45) is -4.88. The molecular formula is C11H7Cl2F3N4O. The van der Waals surface area contributed by atoms with Crippen LogP contribution in [0.15, 0.2) is 18.2 Å². The van der Waals surface area contributed by atoms with Gasteiger partial charge in [-0.25, -0.2) is 0 Å². The molecule has 0 aliphatic heterocycles. The Bertz CT molecular complexity index is 651. The second kappa shape index (κ2) is 5.90. The minimum absolute atomic E-state index is 0.214. The maximum atomic E-state index is 12.3. The van der Waals surface area contributed by atoms with Gasteiger partial charge in [-0.2, -0.15) is 18.2 Å². The van der Waals surface area contributed by atoms with E-state index >= 15 is 0 Å². The van der Waals surface area contributed by atoms with E-state index < -0.39 is 23.9 Å². The van der Waals surface area contributed by atoms with E-state index in [0.29, 0.717) is 5.56 Å². The second-order valence-corrected chi connectivity index (χ2v) is 4.74. The van der Waals surface area contributed by atoms with Gasteiger partial charge in [0, 0.05) is 10.0 Å². The molecule has 10 heteroatoms. The van der Waals surface area contributed by atoms with Crippen molar-refractivity contribution in [3.63, 3.8) is 0 Å². The molecule has 1 aromatic heterocycles. The third-order valence-electron chi connectivity index (χ3n) is 2.40. The summed E-state index contributed by atoms with van der Waals surface area (Å²) in [5.41, 5.74) is 0.366. The minimum atomic E-state index is -4.66. The predicted octanol–water partition coefficient (Wildman–Crippen LogP) is 3.31. The van der Waals surface area contributed by atoms with Crippen molar-refractivity contribution in [1.29, 1.82) is 0 Å². The van der Waals surface area contributed by atoms with Gasteiger partial charge in [-0.1, -0.05) is 29.3 Å². The number of hydrogen-bond donors (Lipinski definition) is 2. The second-order valence-electron chi connectivity index (χ2n) is 3.93. The van der Waals surface area contributed by atoms with Crippen molar-refractivity contribution in [2.75, 3.05) is 5.32 Å². The van der Waals surface area contributed by atoms with Crippen LogP contribution >= 0.6 is 23.2 Å². The lowest BCUT2D eigenvalue weighted by atomic mass is 10.1. The van der Waals surface area contributed by atoms with Crippen LogP contribution in [-0.4, -0.2) is 21.1 Å². The number of nitrogens with zero attached hydrogens (tertiary/aromatic N) is 2. The van der Waals surface area contributed by atoms with Gasteiger partial charge in [0.15, 0.2) is 0 Å². The Balaban J connectivity index is 2.07. The van der Waals surface area contributed by atoms with Gasteiger partial charge in [0.25, 0.3) is 0 Å². The molecule has 2 rings (SSSR count). The van der Waals surface area contributed by atoms with Gasteiger partial charge in [0.05, 0.1) is 6.42 Å². The zero-order valence-electron chi connectivity index (χ0n) is 10.1. The number of rotatable bonds is 3. The number of benzene rings is 1. The van der Waals surface area contributed by atoms with Crippen LogP contribution in [0.25, 0.3) is 0 Å². The smallest absolute Gasteiger partial charge is 0.293 e. The summed E-state index contributed by atoms with van der Waals surface area (Å²) in [5, 5.41) is 7.63. The number of alkyl halides is 3. The van der Waals surface area contributed by atoms with Crippen LogP contribution in [-0.2, 0) is 17.4 Å². The van der Waals surface area contributed by atoms with Crippen LogP contribution in [0.3, 0.4) is 0 Å². The van der Waals surface area contributed by atoms with E-state index in [0.717, 1.165) is 0 Å². The first-order chi connectivity index (χ1) is 9.77. The third-order valence-corrected chi connectivity index (χ3v) is 3.11. The number of H-pyrrole nitrogens is 1. The molecule has 0 aliphatic carbocycles. The summed E-state index contributed by atoms with van der Waals surface area (Å²) in [4.78, 5) is 14.9. The van der Waals surface area contributed by atoms with Gasteiger partial charge in [-0.3, -0.25) is 15.2 Å². The van der Waals surface area contributed by atoms with Gasteiger partial charge in [0.2, 0.25) is 17.7 Å². The average Bonchev–Trinajstić information content (AvgIpc) is 2.82. The molecule has 1 aromatic carbocycles. The maximum absolute atomic E-state index is 12.3. The highest BCUT2D eigenvalue weighted by atomic mass is 35.5. The lowest BCUT2D eigenvalue weighted by Crippen LogP contribution is -2.16. The Hall–Kier alpha value is -1.80. The fourth-order valence-electron chi connectivity index (χ4n) is 1.48. The first-order valence-corrected chi connectivity index (χ1v) is 6.25. The standard InChI is InChI=1S/C11H7Cl2F3N4O/c12-6-2-1-3-7(13)5(6)4-8(21)17-10-18-9(19-20-10)11(14,15)16/h1-3H,4H2,(H2,17,18,19,20,21). The van der Waals surface area contributed by atoms with Crippen molar-refractivity contribution >= 4 is 35.1 Å². The van der Waals surface area contributed by atoms with Gasteiger partial charge in [0.1, 0.15) is 0 Å². The fraction of sp³-hybridized carbons (Fsp3) is 0.182. The lowest BCUT2D eigenvalue weighted by molar-refractivity contribution is -0.144. The number of aromatic nitrogens is 3. The summed E-state index contributed by atoms with van der Waals surface area (Å²) in [7, 11) is 0. The van der Waals surface area contributed by atoms with Crippen molar-refractivity contribution < 1.29 is 18.0 Å². The van der Waals surface area contributed by atoms with Crippen molar-refractivity contribution in [3.8, 4) is 0 Å². The molecule has 0 bridgehead atoms. The minimum Gasteiger partial charge on any atom is -0.293 e. The van der Waals surface area contributed by atoms with Gasteiger partial charge >= 0.3 is 6.18 Å². The van der Waals surface area contributed by atoms with Crippen molar-refractivity contribution in [1.82, 2.24) is 15.2 Å². The van der Waals surface area contributed by atoms with Crippen LogP contribution < -0.4 is 5.32 Å². The summed E-state index contributed by atoms with van der Waals surface area (Å²) in [5.74, 6) is -2.41. The van der Waals surface area contributed by atoms with E-state index in [4.69, 9.17) is 23.2 Å². The van der Waals surface area contributed by atoms with Crippen LogP contribution in [0.1, 0.15) is 11.4 Å². The average molecular weight is 339 g/mol. The Morgan fingerprint density at radius 3 is 2.43 bits per heavy atom. The molecule has 0 aliphatic rings. The fourth-order valence-corrected chi connectivity index (χ4v) is 2.01. The number of amides is 1. The van der Waals surface area contributed by atoms with E-state index in [9.17, 15) is 18.0 Å². The van der Waals surface area contributed by atoms with E-state index in [-0.39, 0.29) is 16.5 Å². The number of hydrogen-bond acceptors (Lipinski definition) is 3. The molecule has 5 nitrogen and oxygen atoms in total. The van der Waals surface area contributed by atoms with Gasteiger partial charge in [-0.15, -0.1) is 5.10 Å². The Kier molecular flexibility index (Phi) is 4.38. The lowest BCUT2D eigenvalue weighted by Gasteiger charge is -2.06. The van der Waals surface area contributed by atoms with Crippen LogP contribution in [0.2, 0.25) is 10.0 Å². The van der Waals surface area contributed by atoms with E-state index in [1.165, 1.54) is 0 Å². The molecule has 0 radical (unpaired) electrons. The molecule has 2 aromatic rings. The molecule has 1 heterocycles. The zero-order chi connectivity index (χ0) is 15.6. The number of aromatic amines is 1.